The van der Waals surface area contributed by atoms with E-state index in [2.05, 4.69) is 40.7 Å². The van der Waals surface area contributed by atoms with E-state index in [9.17, 15) is 50.4 Å². The molecule has 3 aliphatic heterocycles. The molecule has 7 fully saturated rings. The van der Waals surface area contributed by atoms with E-state index < -0.39 is 90.9 Å². The molecule has 15 heteroatoms. The SMILES string of the molecule is C[C@@]12C[C@@H](OC1=O)[C@]1(C)CC[C@]3(C)C(=CC[C@@H]4[C@@]5(C)CC[C@H](O[C@@H]6O[C@H](C(=O)O)[C@@H](O)[C@H](O)[C@H]6O[C@@H]6O[C@H](CO)[C@H](O)[C@H](O)[C@H]6O)[C@](C)(CO)[C@@H]5CC[C@]43C)[C@@H]1C2. The maximum atomic E-state index is 13.1. The molecule has 8 N–H and O–H groups in total. The number of allylic oxidation sites excluding steroid dienone is 2. The van der Waals surface area contributed by atoms with Gasteiger partial charge in [0.2, 0.25) is 0 Å². The van der Waals surface area contributed by atoms with Crippen LogP contribution in [0, 0.1) is 50.2 Å². The molecule has 15 nitrogen and oxygen atoms in total. The average molecular weight is 809 g/mol. The molecule has 0 spiro atoms. The van der Waals surface area contributed by atoms with Crippen molar-refractivity contribution < 1.29 is 74.1 Å². The van der Waals surface area contributed by atoms with Gasteiger partial charge in [0.1, 0.15) is 48.8 Å². The van der Waals surface area contributed by atoms with Crippen LogP contribution >= 0.6 is 0 Å². The minimum atomic E-state index is -1.98. The molecule has 0 unspecified atom stereocenters. The molecule has 3 saturated heterocycles. The third-order valence-electron chi connectivity index (χ3n) is 17.9. The van der Waals surface area contributed by atoms with E-state index in [0.717, 1.165) is 51.4 Å². The van der Waals surface area contributed by atoms with Crippen LogP contribution in [0.1, 0.15) is 99.3 Å². The highest BCUT2D eigenvalue weighted by Gasteiger charge is 2.71. The summed E-state index contributed by atoms with van der Waals surface area (Å²) in [6, 6.07) is 0. The zero-order valence-electron chi connectivity index (χ0n) is 34.0. The minimum absolute atomic E-state index is 0.0334. The van der Waals surface area contributed by atoms with Crippen molar-refractivity contribution in [3.8, 4) is 0 Å². The van der Waals surface area contributed by atoms with Crippen molar-refractivity contribution in [3.63, 3.8) is 0 Å². The topological polar surface area (TPSA) is 242 Å². The number of carboxylic acid groups (broad SMARTS) is 1. The monoisotopic (exact) mass is 808 g/mol. The number of rotatable bonds is 7. The molecule has 21 atom stereocenters. The first-order chi connectivity index (χ1) is 26.6. The molecule has 57 heavy (non-hydrogen) atoms. The van der Waals surface area contributed by atoms with Crippen LogP contribution in [0.25, 0.3) is 0 Å². The van der Waals surface area contributed by atoms with Gasteiger partial charge in [0.05, 0.1) is 24.7 Å². The van der Waals surface area contributed by atoms with Crippen LogP contribution in [0.4, 0.5) is 0 Å². The average Bonchev–Trinajstić information content (AvgIpc) is 3.43. The summed E-state index contributed by atoms with van der Waals surface area (Å²) in [4.78, 5) is 25.3. The fourth-order valence-corrected chi connectivity index (χ4v) is 14.1. The maximum Gasteiger partial charge on any atom is 0.335 e. The lowest BCUT2D eigenvalue weighted by Gasteiger charge is -2.71. The minimum Gasteiger partial charge on any atom is -0.479 e. The van der Waals surface area contributed by atoms with E-state index >= 15 is 0 Å². The molecule has 322 valence electrons. The zero-order valence-corrected chi connectivity index (χ0v) is 34.0. The lowest BCUT2D eigenvalue weighted by atomic mass is 9.33. The number of aliphatic carboxylic acids is 1. The van der Waals surface area contributed by atoms with E-state index in [0.29, 0.717) is 6.42 Å². The third kappa shape index (κ3) is 5.76. The Balaban J connectivity index is 1.07. The van der Waals surface area contributed by atoms with Gasteiger partial charge >= 0.3 is 11.9 Å². The van der Waals surface area contributed by atoms with Crippen molar-refractivity contribution in [1.82, 2.24) is 0 Å². The summed E-state index contributed by atoms with van der Waals surface area (Å²) in [5.74, 6) is -1.11. The molecule has 3 heterocycles. The molecule has 0 aromatic carbocycles. The Morgan fingerprint density at radius 1 is 0.789 bits per heavy atom. The van der Waals surface area contributed by atoms with Crippen LogP contribution in [-0.2, 0) is 33.3 Å². The third-order valence-corrected chi connectivity index (χ3v) is 17.9. The molecule has 0 aromatic rings. The normalized spacial score (nSPS) is 57.0. The Morgan fingerprint density at radius 2 is 1.51 bits per heavy atom. The van der Waals surface area contributed by atoms with E-state index in [4.69, 9.17) is 23.7 Å². The number of hydrogen-bond acceptors (Lipinski definition) is 14. The summed E-state index contributed by atoms with van der Waals surface area (Å²) in [6.45, 7) is 12.6. The first-order valence-corrected chi connectivity index (χ1v) is 21.0. The zero-order chi connectivity index (χ0) is 41.4. The summed E-state index contributed by atoms with van der Waals surface area (Å²) in [7, 11) is 0. The van der Waals surface area contributed by atoms with Gasteiger partial charge < -0.3 is 64.5 Å². The Morgan fingerprint density at radius 3 is 2.18 bits per heavy atom. The van der Waals surface area contributed by atoms with Gasteiger partial charge in [0, 0.05) is 17.3 Å². The molecule has 2 bridgehead atoms. The molecular weight excluding hydrogens is 744 g/mol. The number of carboxylic acids is 1. The highest BCUT2D eigenvalue weighted by molar-refractivity contribution is 5.79. The van der Waals surface area contributed by atoms with Crippen molar-refractivity contribution >= 4 is 11.9 Å². The van der Waals surface area contributed by atoms with Crippen LogP contribution in [-0.4, -0.2) is 140 Å². The van der Waals surface area contributed by atoms with Crippen LogP contribution in [0.15, 0.2) is 11.6 Å². The molecule has 0 radical (unpaired) electrons. The van der Waals surface area contributed by atoms with Gasteiger partial charge in [0.15, 0.2) is 18.7 Å². The smallest absolute Gasteiger partial charge is 0.335 e. The van der Waals surface area contributed by atoms with Gasteiger partial charge in [-0.2, -0.15) is 0 Å². The van der Waals surface area contributed by atoms with E-state index in [-0.39, 0.29) is 58.1 Å². The first kappa shape index (κ1) is 42.0. The van der Waals surface area contributed by atoms with Gasteiger partial charge in [-0.15, -0.1) is 0 Å². The summed E-state index contributed by atoms with van der Waals surface area (Å²) in [5.41, 5.74) is -0.330. The number of carbonyl (C=O) groups excluding carboxylic acids is 1. The van der Waals surface area contributed by atoms with Gasteiger partial charge in [-0.1, -0.05) is 46.3 Å². The van der Waals surface area contributed by atoms with Crippen LogP contribution < -0.4 is 0 Å². The molecular formula is C42H64O15. The van der Waals surface area contributed by atoms with Crippen molar-refractivity contribution in [3.05, 3.63) is 11.6 Å². The van der Waals surface area contributed by atoms with Gasteiger partial charge in [-0.3, -0.25) is 4.79 Å². The summed E-state index contributed by atoms with van der Waals surface area (Å²) in [6.07, 6.45) is -8.45. The lowest BCUT2D eigenvalue weighted by Crippen LogP contribution is -2.68. The number of esters is 1. The molecule has 8 aliphatic rings. The quantitative estimate of drug-likeness (QED) is 0.103. The number of hydrogen-bond donors (Lipinski definition) is 8. The molecule has 8 rings (SSSR count). The Labute approximate surface area is 333 Å². The molecule has 5 aliphatic carbocycles. The Kier molecular flexibility index (Phi) is 10.2. The molecule has 0 aromatic heterocycles. The lowest BCUT2D eigenvalue weighted by molar-refractivity contribution is -0.375. The summed E-state index contributed by atoms with van der Waals surface area (Å²) >= 11 is 0. The number of ether oxygens (including phenoxy) is 5. The van der Waals surface area contributed by atoms with Crippen molar-refractivity contribution in [2.75, 3.05) is 13.2 Å². The van der Waals surface area contributed by atoms with Gasteiger partial charge in [-0.25, -0.2) is 4.79 Å². The Bertz CT molecular complexity index is 1640. The van der Waals surface area contributed by atoms with Crippen molar-refractivity contribution in [1.29, 1.82) is 0 Å². The highest BCUT2D eigenvalue weighted by atomic mass is 16.8. The first-order valence-electron chi connectivity index (χ1n) is 21.0. The van der Waals surface area contributed by atoms with Crippen LogP contribution in [0.5, 0.6) is 0 Å². The molecule has 4 saturated carbocycles. The van der Waals surface area contributed by atoms with Gasteiger partial charge in [-0.05, 0) is 92.3 Å². The number of carbonyl (C=O) groups is 2. The summed E-state index contributed by atoms with van der Waals surface area (Å²) < 4.78 is 29.9. The van der Waals surface area contributed by atoms with E-state index in [1.807, 2.05) is 6.92 Å². The van der Waals surface area contributed by atoms with Crippen LogP contribution in [0.3, 0.4) is 0 Å². The van der Waals surface area contributed by atoms with Gasteiger partial charge in [0.25, 0.3) is 0 Å². The highest BCUT2D eigenvalue weighted by Crippen LogP contribution is 2.76. The van der Waals surface area contributed by atoms with Crippen molar-refractivity contribution in [2.45, 2.75) is 173 Å². The Hall–Kier alpha value is -1.76. The maximum absolute atomic E-state index is 13.1. The molecule has 0 amide bonds. The predicted octanol–water partition coefficient (Wildman–Crippen LogP) is 1.40. The van der Waals surface area contributed by atoms with Crippen molar-refractivity contribution in [2.24, 2.45) is 50.2 Å². The fraction of sp³-hybridized carbons (Fsp3) is 0.905. The second-order valence-corrected chi connectivity index (χ2v) is 20.6. The fourth-order valence-electron chi connectivity index (χ4n) is 14.1. The van der Waals surface area contributed by atoms with E-state index in [1.54, 1.807) is 0 Å². The van der Waals surface area contributed by atoms with Crippen LogP contribution in [0.2, 0.25) is 0 Å². The second-order valence-electron chi connectivity index (χ2n) is 20.6. The second kappa shape index (κ2) is 13.9. The number of aliphatic hydroxyl groups is 7. The largest absolute Gasteiger partial charge is 0.479 e. The number of fused-ring (bicyclic) bond motifs is 10. The van der Waals surface area contributed by atoms with E-state index in [1.165, 1.54) is 5.57 Å². The standard InChI is InChI=1S/C42H64O15/c1-37-15-20-19-7-8-23-39(3)11-10-24(40(4,18-44)22(39)9-12-42(23,6)41(19,5)14-13-38(20,2)25(16-37)55-36(37)52)54-35-32(29(48)28(47)31(56-35)33(50)51)57-34-30(49)27(46)26(45)21(17-43)53-34/h7,20-32,34-35,43-49H,8-18H2,1-6H3,(H,50,51)/t20-,21+,22+,23+,24-,25+,26-,27-,28-,29-,30+,31-,32+,34-,35+,37+,38+,39-,40+,41+,42+/m0/s1. The predicted molar refractivity (Wildman–Crippen MR) is 198 cm³/mol. The summed E-state index contributed by atoms with van der Waals surface area (Å²) in [5, 5.41) is 84.5. The number of aliphatic hydroxyl groups excluding tert-OH is 7.